The van der Waals surface area contributed by atoms with Crippen LogP contribution in [0.25, 0.3) is 0 Å². The molecule has 0 heterocycles. The van der Waals surface area contributed by atoms with E-state index < -0.39 is 0 Å². The average Bonchev–Trinajstić information content (AvgIpc) is 2.50. The molecule has 2 N–H and O–H groups in total. The van der Waals surface area contributed by atoms with Crippen LogP contribution in [-0.2, 0) is 0 Å². The molecule has 6 heteroatoms. The number of anilines is 1. The van der Waals surface area contributed by atoms with Gasteiger partial charge < -0.3 is 19.9 Å². The zero-order chi connectivity index (χ0) is 15.4. The summed E-state index contributed by atoms with van der Waals surface area (Å²) in [4.78, 5) is 0. The van der Waals surface area contributed by atoms with Crippen molar-refractivity contribution in [3.8, 4) is 17.2 Å². The second-order valence-electron chi connectivity index (χ2n) is 4.34. The average molecular weight is 328 g/mol. The lowest BCUT2D eigenvalue weighted by atomic mass is 10.2. The molecule has 0 aliphatic rings. The number of halogens is 2. The SMILES string of the molecule is COc1cccc(OCNc2cc(Cl)c(C)c(Cl)c2O)c1. The number of aromatic hydroxyl groups is 1. The molecule has 0 aliphatic heterocycles. The van der Waals surface area contributed by atoms with E-state index in [9.17, 15) is 5.11 Å². The molecule has 0 atom stereocenters. The van der Waals surface area contributed by atoms with Crippen molar-refractivity contribution >= 4 is 28.9 Å². The standard InChI is InChI=1S/C15H15Cl2NO3/c1-9-12(16)7-13(15(19)14(9)17)18-8-21-11-5-3-4-10(6-11)20-2/h3-7,18-19H,8H2,1-2H3. The number of ether oxygens (including phenoxy) is 2. The molecule has 112 valence electrons. The molecule has 0 saturated carbocycles. The van der Waals surface area contributed by atoms with E-state index >= 15 is 0 Å². The molecule has 4 nitrogen and oxygen atoms in total. The summed E-state index contributed by atoms with van der Waals surface area (Å²) in [6.45, 7) is 1.89. The Morgan fingerprint density at radius 3 is 2.62 bits per heavy atom. The van der Waals surface area contributed by atoms with Crippen molar-refractivity contribution < 1.29 is 14.6 Å². The van der Waals surface area contributed by atoms with Gasteiger partial charge in [-0.25, -0.2) is 0 Å². The van der Waals surface area contributed by atoms with Gasteiger partial charge in [-0.05, 0) is 30.7 Å². The fourth-order valence-electron chi connectivity index (χ4n) is 1.73. The van der Waals surface area contributed by atoms with E-state index in [4.69, 9.17) is 32.7 Å². The van der Waals surface area contributed by atoms with Crippen LogP contribution in [-0.4, -0.2) is 18.9 Å². The molecule has 0 saturated heterocycles. The quantitative estimate of drug-likeness (QED) is 0.628. The summed E-state index contributed by atoms with van der Waals surface area (Å²) >= 11 is 12.0. The van der Waals surface area contributed by atoms with Crippen LogP contribution in [0.15, 0.2) is 30.3 Å². The highest BCUT2D eigenvalue weighted by atomic mass is 35.5. The topological polar surface area (TPSA) is 50.7 Å². The van der Waals surface area contributed by atoms with Crippen LogP contribution in [0.2, 0.25) is 10.0 Å². The minimum absolute atomic E-state index is 0.0483. The highest BCUT2D eigenvalue weighted by molar-refractivity contribution is 6.37. The first-order chi connectivity index (χ1) is 10.0. The van der Waals surface area contributed by atoms with E-state index in [0.29, 0.717) is 27.8 Å². The Balaban J connectivity index is 2.03. The number of rotatable bonds is 5. The van der Waals surface area contributed by atoms with E-state index in [0.717, 1.165) is 0 Å². The molecule has 0 unspecified atom stereocenters. The molecule has 0 aromatic heterocycles. The van der Waals surface area contributed by atoms with Gasteiger partial charge in [0.2, 0.25) is 0 Å². The van der Waals surface area contributed by atoms with Gasteiger partial charge >= 0.3 is 0 Å². The summed E-state index contributed by atoms with van der Waals surface area (Å²) in [5.74, 6) is 1.30. The van der Waals surface area contributed by atoms with Crippen LogP contribution in [0.5, 0.6) is 17.2 Å². The van der Waals surface area contributed by atoms with Crippen LogP contribution >= 0.6 is 23.2 Å². The van der Waals surface area contributed by atoms with Crippen molar-refractivity contribution in [2.45, 2.75) is 6.92 Å². The normalized spacial score (nSPS) is 10.3. The highest BCUT2D eigenvalue weighted by Crippen LogP contribution is 2.38. The number of nitrogens with one attached hydrogen (secondary N) is 1. The minimum atomic E-state index is -0.0483. The largest absolute Gasteiger partial charge is 0.504 e. The van der Waals surface area contributed by atoms with E-state index in [-0.39, 0.29) is 17.5 Å². The van der Waals surface area contributed by atoms with Gasteiger partial charge in [-0.3, -0.25) is 0 Å². The maximum Gasteiger partial charge on any atom is 0.159 e. The van der Waals surface area contributed by atoms with Crippen LogP contribution < -0.4 is 14.8 Å². The Morgan fingerprint density at radius 2 is 1.90 bits per heavy atom. The first-order valence-corrected chi connectivity index (χ1v) is 6.96. The predicted molar refractivity (Wildman–Crippen MR) is 85.0 cm³/mol. The molecule has 2 aromatic rings. The lowest BCUT2D eigenvalue weighted by Crippen LogP contribution is -2.09. The van der Waals surface area contributed by atoms with Crippen LogP contribution in [0.3, 0.4) is 0 Å². The Morgan fingerprint density at radius 1 is 1.19 bits per heavy atom. The van der Waals surface area contributed by atoms with E-state index in [1.165, 1.54) is 0 Å². The van der Waals surface area contributed by atoms with E-state index in [1.807, 2.05) is 12.1 Å². The third kappa shape index (κ3) is 3.65. The summed E-state index contributed by atoms with van der Waals surface area (Å²) in [7, 11) is 1.59. The molecule has 0 radical (unpaired) electrons. The van der Waals surface area contributed by atoms with E-state index in [2.05, 4.69) is 5.32 Å². The fourth-order valence-corrected chi connectivity index (χ4v) is 2.18. The van der Waals surface area contributed by atoms with Crippen LogP contribution in [0.4, 0.5) is 5.69 Å². The molecular weight excluding hydrogens is 313 g/mol. The van der Waals surface area contributed by atoms with Crippen LogP contribution in [0, 0.1) is 6.92 Å². The van der Waals surface area contributed by atoms with Gasteiger partial charge in [0.25, 0.3) is 0 Å². The van der Waals surface area contributed by atoms with Crippen molar-refractivity contribution in [1.29, 1.82) is 0 Å². The monoisotopic (exact) mass is 327 g/mol. The number of hydrogen-bond donors (Lipinski definition) is 2. The molecule has 2 aromatic carbocycles. The molecule has 21 heavy (non-hydrogen) atoms. The Bertz CT molecular complexity index is 647. The number of benzene rings is 2. The molecule has 0 bridgehead atoms. The van der Waals surface area contributed by atoms with Gasteiger partial charge in [0, 0.05) is 11.1 Å². The van der Waals surface area contributed by atoms with Gasteiger partial charge in [-0.15, -0.1) is 0 Å². The van der Waals surface area contributed by atoms with Gasteiger partial charge in [0.05, 0.1) is 17.8 Å². The van der Waals surface area contributed by atoms with Crippen molar-refractivity contribution in [2.75, 3.05) is 19.2 Å². The third-order valence-electron chi connectivity index (χ3n) is 2.96. The lowest BCUT2D eigenvalue weighted by Gasteiger charge is -2.13. The van der Waals surface area contributed by atoms with Crippen molar-refractivity contribution in [1.82, 2.24) is 0 Å². The van der Waals surface area contributed by atoms with Gasteiger partial charge in [0.1, 0.15) is 11.5 Å². The van der Waals surface area contributed by atoms with Crippen molar-refractivity contribution in [3.05, 3.63) is 45.9 Å². The maximum absolute atomic E-state index is 9.95. The third-order valence-corrected chi connectivity index (χ3v) is 3.82. The van der Waals surface area contributed by atoms with E-state index in [1.54, 1.807) is 32.2 Å². The minimum Gasteiger partial charge on any atom is -0.504 e. The summed E-state index contributed by atoms with van der Waals surface area (Å²) in [5, 5.41) is 13.6. The molecule has 0 amide bonds. The van der Waals surface area contributed by atoms with Crippen molar-refractivity contribution in [3.63, 3.8) is 0 Å². The number of phenols is 1. The molecule has 0 spiro atoms. The predicted octanol–water partition coefficient (Wildman–Crippen LogP) is 4.46. The van der Waals surface area contributed by atoms with Gasteiger partial charge in [-0.2, -0.15) is 0 Å². The molecule has 0 fully saturated rings. The molecule has 2 rings (SSSR count). The molecular formula is C15H15Cl2NO3. The summed E-state index contributed by atoms with van der Waals surface area (Å²) in [6, 6.07) is 8.82. The summed E-state index contributed by atoms with van der Waals surface area (Å²) < 4.78 is 10.6. The first kappa shape index (κ1) is 15.6. The van der Waals surface area contributed by atoms with Gasteiger partial charge in [-0.1, -0.05) is 29.3 Å². The molecule has 0 aliphatic carbocycles. The Hall–Kier alpha value is -1.78. The number of methoxy groups -OCH3 is 1. The smallest absolute Gasteiger partial charge is 0.159 e. The summed E-state index contributed by atoms with van der Waals surface area (Å²) in [5.41, 5.74) is 1.05. The first-order valence-electron chi connectivity index (χ1n) is 6.21. The zero-order valence-electron chi connectivity index (χ0n) is 11.6. The van der Waals surface area contributed by atoms with Crippen molar-refractivity contribution in [2.24, 2.45) is 0 Å². The zero-order valence-corrected chi connectivity index (χ0v) is 13.1. The maximum atomic E-state index is 9.95. The highest BCUT2D eigenvalue weighted by Gasteiger charge is 2.12. The van der Waals surface area contributed by atoms with Gasteiger partial charge in [0.15, 0.2) is 12.5 Å². The number of hydrogen-bond acceptors (Lipinski definition) is 4. The number of phenolic OH excluding ortho intramolecular Hbond substituents is 1. The summed E-state index contributed by atoms with van der Waals surface area (Å²) in [6.07, 6.45) is 0. The lowest BCUT2D eigenvalue weighted by molar-refractivity contribution is 0.341. The Kier molecular flexibility index (Phi) is 5.04. The second kappa shape index (κ2) is 6.78. The second-order valence-corrected chi connectivity index (χ2v) is 5.12. The van der Waals surface area contributed by atoms with Crippen LogP contribution in [0.1, 0.15) is 5.56 Å². The fraction of sp³-hybridized carbons (Fsp3) is 0.200. The Labute approximate surface area is 133 Å².